The molecule has 4 heterocycles. The second-order valence-electron chi connectivity index (χ2n) is 6.57. The van der Waals surface area contributed by atoms with Crippen LogP contribution in [-0.2, 0) is 0 Å². The summed E-state index contributed by atoms with van der Waals surface area (Å²) < 4.78 is 7.15. The second kappa shape index (κ2) is 7.83. The fraction of sp³-hybridized carbons (Fsp3) is 0.421. The highest BCUT2D eigenvalue weighted by atomic mass is 32.2. The maximum atomic E-state index is 10.5. The normalized spacial score (nSPS) is 21.8. The van der Waals surface area contributed by atoms with Gasteiger partial charge in [0.1, 0.15) is 11.5 Å². The highest BCUT2D eigenvalue weighted by molar-refractivity contribution is 7.99. The maximum Gasteiger partial charge on any atom is 0.199 e. The molecule has 8 nitrogen and oxygen atoms in total. The van der Waals surface area contributed by atoms with Crippen LogP contribution in [0.15, 0.2) is 22.8 Å². The number of aliphatic hydroxyl groups excluding tert-OH is 2. The van der Waals surface area contributed by atoms with Gasteiger partial charge in [-0.2, -0.15) is 0 Å². The summed E-state index contributed by atoms with van der Waals surface area (Å²) in [5.74, 6) is 8.10. The van der Waals surface area contributed by atoms with E-state index < -0.39 is 17.6 Å². The molecule has 0 spiro atoms. The van der Waals surface area contributed by atoms with E-state index >= 15 is 0 Å². The van der Waals surface area contributed by atoms with Crippen molar-refractivity contribution < 1.29 is 14.6 Å². The Hall–Kier alpha value is -2.54. The number of hydrogen-bond donors (Lipinski definition) is 3. The Morgan fingerprint density at radius 1 is 1.36 bits per heavy atom. The number of unbranched alkanes of at least 4 members (excludes halogenated alkanes) is 2. The van der Waals surface area contributed by atoms with Crippen LogP contribution in [-0.4, -0.2) is 47.7 Å². The van der Waals surface area contributed by atoms with Gasteiger partial charge in [0.2, 0.25) is 0 Å². The Morgan fingerprint density at radius 2 is 2.21 bits per heavy atom. The number of fused-ring (bicyclic) bond motifs is 1. The molecule has 1 saturated heterocycles. The molecule has 28 heavy (non-hydrogen) atoms. The first-order chi connectivity index (χ1) is 13.6. The third-order valence-electron chi connectivity index (χ3n) is 4.54. The van der Waals surface area contributed by atoms with Crippen molar-refractivity contribution in [3.8, 4) is 23.4 Å². The zero-order valence-electron chi connectivity index (χ0n) is 15.4. The van der Waals surface area contributed by atoms with Crippen LogP contribution in [0.25, 0.3) is 22.7 Å². The lowest BCUT2D eigenvalue weighted by Gasteiger charge is -2.18. The highest BCUT2D eigenvalue weighted by Gasteiger charge is 2.38. The number of furan rings is 1. The molecule has 0 radical (unpaired) electrons. The Balaban J connectivity index is 1.88. The summed E-state index contributed by atoms with van der Waals surface area (Å²) in [6.07, 6.45) is 2.56. The van der Waals surface area contributed by atoms with Crippen molar-refractivity contribution in [2.24, 2.45) is 0 Å². The van der Waals surface area contributed by atoms with Gasteiger partial charge in [0.15, 0.2) is 34.4 Å². The van der Waals surface area contributed by atoms with Crippen LogP contribution in [0.2, 0.25) is 0 Å². The number of anilines is 1. The first-order valence-corrected chi connectivity index (χ1v) is 10.2. The molecule has 1 aliphatic rings. The number of hydrogen-bond acceptors (Lipinski definition) is 8. The number of aliphatic hydroxyl groups is 2. The van der Waals surface area contributed by atoms with E-state index in [1.54, 1.807) is 16.7 Å². The van der Waals surface area contributed by atoms with Gasteiger partial charge < -0.3 is 20.4 Å². The lowest BCUT2D eigenvalue weighted by atomic mass is 10.2. The van der Waals surface area contributed by atoms with E-state index in [2.05, 4.69) is 33.7 Å². The highest BCUT2D eigenvalue weighted by Crippen LogP contribution is 2.39. The van der Waals surface area contributed by atoms with Gasteiger partial charge in [-0.1, -0.05) is 19.3 Å². The van der Waals surface area contributed by atoms with Crippen LogP contribution < -0.4 is 5.73 Å². The number of nitrogens with two attached hydrogens (primary N) is 1. The van der Waals surface area contributed by atoms with Crippen molar-refractivity contribution in [1.82, 2.24) is 19.5 Å². The molecule has 1 aliphatic heterocycles. The van der Waals surface area contributed by atoms with Crippen molar-refractivity contribution in [1.29, 1.82) is 0 Å². The van der Waals surface area contributed by atoms with Crippen LogP contribution in [0.3, 0.4) is 0 Å². The van der Waals surface area contributed by atoms with E-state index in [1.807, 2.05) is 0 Å². The molecule has 4 N–H and O–H groups in total. The topological polar surface area (TPSA) is 123 Å². The fourth-order valence-corrected chi connectivity index (χ4v) is 4.38. The van der Waals surface area contributed by atoms with Gasteiger partial charge in [0, 0.05) is 12.2 Å². The lowest BCUT2D eigenvalue weighted by molar-refractivity contribution is 0.0312. The molecule has 3 atom stereocenters. The molecule has 0 bridgehead atoms. The zero-order valence-corrected chi connectivity index (χ0v) is 16.2. The quantitative estimate of drug-likeness (QED) is 0.451. The predicted molar refractivity (Wildman–Crippen MR) is 107 cm³/mol. The summed E-state index contributed by atoms with van der Waals surface area (Å²) in [4.78, 5) is 13.4. The molecule has 1 fully saturated rings. The molecule has 9 heteroatoms. The van der Waals surface area contributed by atoms with Crippen LogP contribution in [0.4, 0.5) is 5.82 Å². The molecule has 3 aromatic rings. The average molecular weight is 399 g/mol. The van der Waals surface area contributed by atoms with Gasteiger partial charge in [-0.15, -0.1) is 11.8 Å². The van der Waals surface area contributed by atoms with E-state index in [-0.39, 0.29) is 5.82 Å². The zero-order chi connectivity index (χ0) is 19.7. The third kappa shape index (κ3) is 3.35. The van der Waals surface area contributed by atoms with Crippen molar-refractivity contribution in [2.45, 2.75) is 43.8 Å². The molecular weight excluding hydrogens is 378 g/mol. The van der Waals surface area contributed by atoms with Crippen molar-refractivity contribution in [2.75, 3.05) is 11.5 Å². The van der Waals surface area contributed by atoms with Crippen LogP contribution in [0, 0.1) is 11.8 Å². The Morgan fingerprint density at radius 3 is 2.89 bits per heavy atom. The summed E-state index contributed by atoms with van der Waals surface area (Å²) in [5, 5.41) is 20.0. The largest absolute Gasteiger partial charge is 0.461 e. The average Bonchev–Trinajstić information content (AvgIpc) is 3.40. The van der Waals surface area contributed by atoms with Crippen LogP contribution in [0.5, 0.6) is 0 Å². The van der Waals surface area contributed by atoms with Gasteiger partial charge in [0.05, 0.1) is 12.4 Å². The van der Waals surface area contributed by atoms with Gasteiger partial charge in [-0.25, -0.2) is 15.0 Å². The predicted octanol–water partition coefficient (Wildman–Crippen LogP) is 2.18. The SMILES string of the molecule is CCCCC#Cc1nc2c(N)nc(-c3ccco3)nc2n1[C@@H]1SC[C@@H](O)[C@H]1O. The van der Waals surface area contributed by atoms with Crippen molar-refractivity contribution in [3.05, 3.63) is 24.2 Å². The van der Waals surface area contributed by atoms with Crippen LogP contribution >= 0.6 is 11.8 Å². The van der Waals surface area contributed by atoms with Gasteiger partial charge >= 0.3 is 0 Å². The van der Waals surface area contributed by atoms with Gasteiger partial charge in [0.25, 0.3) is 0 Å². The molecular formula is C19H21N5O3S. The summed E-state index contributed by atoms with van der Waals surface area (Å²) in [5.41, 5.74) is 7.03. The van der Waals surface area contributed by atoms with Crippen molar-refractivity contribution in [3.63, 3.8) is 0 Å². The monoisotopic (exact) mass is 399 g/mol. The first kappa shape index (κ1) is 18.8. The second-order valence-corrected chi connectivity index (χ2v) is 7.72. The summed E-state index contributed by atoms with van der Waals surface area (Å²) in [6, 6.07) is 3.49. The molecule has 4 rings (SSSR count). The molecule has 3 aromatic heterocycles. The number of rotatable bonds is 4. The fourth-order valence-electron chi connectivity index (χ4n) is 3.06. The molecule has 0 aliphatic carbocycles. The third-order valence-corrected chi connectivity index (χ3v) is 5.91. The van der Waals surface area contributed by atoms with E-state index in [0.29, 0.717) is 34.3 Å². The van der Waals surface area contributed by atoms with Crippen molar-refractivity contribution >= 4 is 28.7 Å². The molecule has 0 unspecified atom stereocenters. The standard InChI is InChI=1S/C19H21N5O3S/c1-2-3-4-5-8-13-21-14-16(20)22-17(12-7-6-9-27-12)23-18(14)24(13)19-15(26)11(25)10-28-19/h6-7,9,11,15,19,25-26H,2-4,10H2,1H3,(H2,20,22,23)/t11-,15-,19-/m1/s1. The minimum absolute atomic E-state index is 0.213. The Bertz CT molecular complexity index is 1040. The molecule has 0 aromatic carbocycles. The number of imidazole rings is 1. The number of nitrogens with zero attached hydrogens (tertiary/aromatic N) is 4. The molecule has 0 saturated carbocycles. The summed E-state index contributed by atoms with van der Waals surface area (Å²) >= 11 is 1.43. The van der Waals surface area contributed by atoms with Crippen LogP contribution in [0.1, 0.15) is 37.4 Å². The minimum atomic E-state index is -0.957. The molecule has 0 amide bonds. The Kier molecular flexibility index (Phi) is 5.26. The number of thioether (sulfide) groups is 1. The maximum absolute atomic E-state index is 10.5. The summed E-state index contributed by atoms with van der Waals surface area (Å²) in [6.45, 7) is 2.11. The first-order valence-electron chi connectivity index (χ1n) is 9.16. The minimum Gasteiger partial charge on any atom is -0.461 e. The summed E-state index contributed by atoms with van der Waals surface area (Å²) in [7, 11) is 0. The van der Waals surface area contributed by atoms with E-state index in [9.17, 15) is 10.2 Å². The van der Waals surface area contributed by atoms with Gasteiger partial charge in [-0.05, 0) is 24.5 Å². The number of nitrogen functional groups attached to an aromatic ring is 1. The number of aromatic nitrogens is 4. The van der Waals surface area contributed by atoms with E-state index in [1.165, 1.54) is 18.0 Å². The van der Waals surface area contributed by atoms with E-state index in [0.717, 1.165) is 19.3 Å². The van der Waals surface area contributed by atoms with Gasteiger partial charge in [-0.3, -0.25) is 4.57 Å². The lowest BCUT2D eigenvalue weighted by Crippen LogP contribution is -2.28. The Labute approximate surface area is 166 Å². The van der Waals surface area contributed by atoms with E-state index in [4.69, 9.17) is 10.2 Å². The molecule has 146 valence electrons. The smallest absolute Gasteiger partial charge is 0.199 e.